The van der Waals surface area contributed by atoms with Crippen LogP contribution in [0.3, 0.4) is 0 Å². The standard InChI is InChI=1S/C18H17BrN2O/c1-12(22)21-18(2,13-6-4-3-5-7-13)16-11-20-17-9-8-14(19)10-15(16)17/h3-11,20H,1-2H3,(H,21,22). The Morgan fingerprint density at radius 3 is 2.59 bits per heavy atom. The number of aromatic amines is 1. The van der Waals surface area contributed by atoms with Gasteiger partial charge in [0.2, 0.25) is 5.91 Å². The summed E-state index contributed by atoms with van der Waals surface area (Å²) in [5.41, 5.74) is 2.55. The predicted octanol–water partition coefficient (Wildman–Crippen LogP) is 4.33. The number of rotatable bonds is 3. The number of benzene rings is 2. The Morgan fingerprint density at radius 1 is 1.18 bits per heavy atom. The summed E-state index contributed by atoms with van der Waals surface area (Å²) in [6.45, 7) is 3.58. The molecule has 3 rings (SSSR count). The molecule has 0 radical (unpaired) electrons. The van der Waals surface area contributed by atoms with E-state index in [9.17, 15) is 4.79 Å². The van der Waals surface area contributed by atoms with Crippen LogP contribution in [-0.4, -0.2) is 10.9 Å². The van der Waals surface area contributed by atoms with Crippen molar-refractivity contribution in [3.63, 3.8) is 0 Å². The molecule has 2 N–H and O–H groups in total. The minimum atomic E-state index is -0.591. The smallest absolute Gasteiger partial charge is 0.217 e. The van der Waals surface area contributed by atoms with E-state index in [1.165, 1.54) is 0 Å². The van der Waals surface area contributed by atoms with E-state index in [0.717, 1.165) is 26.5 Å². The summed E-state index contributed by atoms with van der Waals surface area (Å²) in [7, 11) is 0. The van der Waals surface area contributed by atoms with Gasteiger partial charge in [-0.15, -0.1) is 0 Å². The highest BCUT2D eigenvalue weighted by Crippen LogP contribution is 2.35. The molecule has 0 aliphatic heterocycles. The number of hydrogen-bond acceptors (Lipinski definition) is 1. The van der Waals surface area contributed by atoms with Crippen molar-refractivity contribution in [1.29, 1.82) is 0 Å². The molecule has 0 aliphatic rings. The summed E-state index contributed by atoms with van der Waals surface area (Å²) < 4.78 is 1.01. The third-order valence-corrected chi connectivity index (χ3v) is 4.45. The van der Waals surface area contributed by atoms with E-state index < -0.39 is 5.54 Å². The van der Waals surface area contributed by atoms with Crippen LogP contribution in [0.15, 0.2) is 59.2 Å². The van der Waals surface area contributed by atoms with Crippen molar-refractivity contribution in [1.82, 2.24) is 10.3 Å². The predicted molar refractivity (Wildman–Crippen MR) is 92.7 cm³/mol. The van der Waals surface area contributed by atoms with Gasteiger partial charge in [-0.25, -0.2) is 0 Å². The van der Waals surface area contributed by atoms with E-state index >= 15 is 0 Å². The fraction of sp³-hybridized carbons (Fsp3) is 0.167. The SMILES string of the molecule is CC(=O)NC(C)(c1ccccc1)c1c[nH]c2ccc(Br)cc12. The Bertz CT molecular complexity index is 825. The lowest BCUT2D eigenvalue weighted by Crippen LogP contribution is -2.43. The van der Waals surface area contributed by atoms with E-state index in [2.05, 4.69) is 32.3 Å². The highest BCUT2D eigenvalue weighted by Gasteiger charge is 2.32. The Hall–Kier alpha value is -2.07. The average molecular weight is 357 g/mol. The first kappa shape index (κ1) is 14.9. The van der Waals surface area contributed by atoms with E-state index in [0.29, 0.717) is 0 Å². The topological polar surface area (TPSA) is 44.9 Å². The lowest BCUT2D eigenvalue weighted by atomic mass is 9.84. The normalized spacial score (nSPS) is 13.8. The molecule has 1 unspecified atom stereocenters. The van der Waals surface area contributed by atoms with Crippen LogP contribution >= 0.6 is 15.9 Å². The molecule has 0 fully saturated rings. The third-order valence-electron chi connectivity index (χ3n) is 3.96. The molecule has 1 heterocycles. The van der Waals surface area contributed by atoms with Gasteiger partial charge in [-0.1, -0.05) is 46.3 Å². The number of hydrogen-bond donors (Lipinski definition) is 2. The van der Waals surface area contributed by atoms with E-state index in [-0.39, 0.29) is 5.91 Å². The Kier molecular flexibility index (Phi) is 3.79. The van der Waals surface area contributed by atoms with Gasteiger partial charge in [-0.3, -0.25) is 4.79 Å². The lowest BCUT2D eigenvalue weighted by Gasteiger charge is -2.31. The summed E-state index contributed by atoms with van der Waals surface area (Å²) in [4.78, 5) is 15.1. The molecule has 3 nitrogen and oxygen atoms in total. The highest BCUT2D eigenvalue weighted by molar-refractivity contribution is 9.10. The van der Waals surface area contributed by atoms with Gasteiger partial charge in [-0.2, -0.15) is 0 Å². The van der Waals surface area contributed by atoms with Crippen molar-refractivity contribution in [3.8, 4) is 0 Å². The zero-order chi connectivity index (χ0) is 15.7. The van der Waals surface area contributed by atoms with E-state index in [1.54, 1.807) is 6.92 Å². The molecule has 0 saturated carbocycles. The molecule has 0 saturated heterocycles. The summed E-state index contributed by atoms with van der Waals surface area (Å²) in [5, 5.41) is 4.20. The lowest BCUT2D eigenvalue weighted by molar-refractivity contribution is -0.120. The second-order valence-electron chi connectivity index (χ2n) is 5.56. The van der Waals surface area contributed by atoms with Gasteiger partial charge in [0.25, 0.3) is 0 Å². The van der Waals surface area contributed by atoms with Crippen LogP contribution in [-0.2, 0) is 10.3 Å². The van der Waals surface area contributed by atoms with Crippen LogP contribution in [0.2, 0.25) is 0 Å². The Balaban J connectivity index is 2.24. The van der Waals surface area contributed by atoms with Crippen molar-refractivity contribution in [3.05, 3.63) is 70.3 Å². The van der Waals surface area contributed by atoms with Gasteiger partial charge in [-0.05, 0) is 30.7 Å². The first-order valence-electron chi connectivity index (χ1n) is 7.12. The van der Waals surface area contributed by atoms with Gasteiger partial charge in [0.15, 0.2) is 0 Å². The largest absolute Gasteiger partial charge is 0.361 e. The number of nitrogens with one attached hydrogen (secondary N) is 2. The molecule has 0 spiro atoms. The van der Waals surface area contributed by atoms with Crippen molar-refractivity contribution >= 4 is 32.7 Å². The molecule has 0 bridgehead atoms. The van der Waals surface area contributed by atoms with Crippen molar-refractivity contribution in [2.75, 3.05) is 0 Å². The second-order valence-corrected chi connectivity index (χ2v) is 6.48. The molecular weight excluding hydrogens is 340 g/mol. The molecule has 1 atom stereocenters. The quantitative estimate of drug-likeness (QED) is 0.720. The van der Waals surface area contributed by atoms with Crippen molar-refractivity contribution < 1.29 is 4.79 Å². The zero-order valence-corrected chi connectivity index (χ0v) is 14.1. The third kappa shape index (κ3) is 2.55. The van der Waals surface area contributed by atoms with Crippen LogP contribution in [0.4, 0.5) is 0 Å². The fourth-order valence-electron chi connectivity index (χ4n) is 2.93. The van der Waals surface area contributed by atoms with Crippen LogP contribution in [0, 0.1) is 0 Å². The first-order valence-corrected chi connectivity index (χ1v) is 7.91. The minimum Gasteiger partial charge on any atom is -0.361 e. The number of halogens is 1. The van der Waals surface area contributed by atoms with Crippen molar-refractivity contribution in [2.24, 2.45) is 0 Å². The van der Waals surface area contributed by atoms with Gasteiger partial charge in [0.1, 0.15) is 0 Å². The first-order chi connectivity index (χ1) is 10.5. The van der Waals surface area contributed by atoms with Crippen LogP contribution < -0.4 is 5.32 Å². The zero-order valence-electron chi connectivity index (χ0n) is 12.5. The number of carbonyl (C=O) groups is 1. The number of H-pyrrole nitrogens is 1. The van der Waals surface area contributed by atoms with Crippen LogP contribution in [0.1, 0.15) is 25.0 Å². The van der Waals surface area contributed by atoms with Gasteiger partial charge in [0.05, 0.1) is 5.54 Å². The van der Waals surface area contributed by atoms with Gasteiger partial charge < -0.3 is 10.3 Å². The van der Waals surface area contributed by atoms with Gasteiger partial charge in [0, 0.05) is 34.1 Å². The maximum Gasteiger partial charge on any atom is 0.217 e. The summed E-state index contributed by atoms with van der Waals surface area (Å²) >= 11 is 3.52. The monoisotopic (exact) mass is 356 g/mol. The maximum atomic E-state index is 11.8. The van der Waals surface area contributed by atoms with Crippen LogP contribution in [0.25, 0.3) is 10.9 Å². The molecule has 1 aromatic heterocycles. The van der Waals surface area contributed by atoms with Gasteiger partial charge >= 0.3 is 0 Å². The number of fused-ring (bicyclic) bond motifs is 1. The molecule has 22 heavy (non-hydrogen) atoms. The Morgan fingerprint density at radius 2 is 1.91 bits per heavy atom. The summed E-state index contributed by atoms with van der Waals surface area (Å²) in [6.07, 6.45) is 1.97. The summed E-state index contributed by atoms with van der Waals surface area (Å²) in [5.74, 6) is -0.0595. The van der Waals surface area contributed by atoms with E-state index in [1.807, 2.05) is 55.6 Å². The molecule has 112 valence electrons. The molecule has 0 aliphatic carbocycles. The average Bonchev–Trinajstić information content (AvgIpc) is 2.91. The second kappa shape index (κ2) is 5.61. The highest BCUT2D eigenvalue weighted by atomic mass is 79.9. The molecular formula is C18H17BrN2O. The summed E-state index contributed by atoms with van der Waals surface area (Å²) in [6, 6.07) is 16.1. The number of amides is 1. The number of carbonyl (C=O) groups excluding carboxylic acids is 1. The molecule has 2 aromatic carbocycles. The molecule has 3 aromatic rings. The fourth-order valence-corrected chi connectivity index (χ4v) is 3.29. The van der Waals surface area contributed by atoms with E-state index in [4.69, 9.17) is 0 Å². The minimum absolute atomic E-state index is 0.0595. The molecule has 4 heteroatoms. The van der Waals surface area contributed by atoms with Crippen molar-refractivity contribution in [2.45, 2.75) is 19.4 Å². The maximum absolute atomic E-state index is 11.8. The number of aromatic nitrogens is 1. The van der Waals surface area contributed by atoms with Crippen LogP contribution in [0.5, 0.6) is 0 Å². The molecule has 1 amide bonds. The Labute approximate surface area is 137 Å².